The van der Waals surface area contributed by atoms with E-state index in [2.05, 4.69) is 104 Å². The number of benzene rings is 4. The summed E-state index contributed by atoms with van der Waals surface area (Å²) >= 11 is 88.9. The summed E-state index contributed by atoms with van der Waals surface area (Å²) in [7, 11) is -2.48. The van der Waals surface area contributed by atoms with E-state index in [0.29, 0.717) is 0 Å². The van der Waals surface area contributed by atoms with Gasteiger partial charge in [0.2, 0.25) is 0 Å². The van der Waals surface area contributed by atoms with Gasteiger partial charge in [0, 0.05) is 43.5 Å². The molecule has 86 heavy (non-hydrogen) atoms. The second-order valence-corrected chi connectivity index (χ2v) is 35.6. The van der Waals surface area contributed by atoms with Gasteiger partial charge in [-0.2, -0.15) is 17.5 Å². The Balaban J connectivity index is 0.000000318. The number of alkyl halides is 18. The molecule has 0 saturated carbocycles. The summed E-state index contributed by atoms with van der Waals surface area (Å²) in [6.45, 7) is 18.1. The maximum atomic E-state index is 6.98. The van der Waals surface area contributed by atoms with Crippen LogP contribution in [0.5, 0.6) is 0 Å². The van der Waals surface area contributed by atoms with Gasteiger partial charge < -0.3 is 37.2 Å². The summed E-state index contributed by atoms with van der Waals surface area (Å²) in [4.78, 5) is 0. The molecule has 24 bridgehead atoms. The van der Waals surface area contributed by atoms with Crippen molar-refractivity contribution in [1.29, 1.82) is 0 Å². The minimum Gasteiger partial charge on any atom is -0.400 e. The molecule has 0 amide bonds. The summed E-state index contributed by atoms with van der Waals surface area (Å²) < 4.78 is 70.6. The zero-order valence-electron chi connectivity index (χ0n) is 45.7. The topological polar surface area (TPSA) is 125 Å². The lowest BCUT2D eigenvalue weighted by Gasteiger charge is -2.28. The summed E-state index contributed by atoms with van der Waals surface area (Å²) in [6.07, 6.45) is -1.89. The fourth-order valence-corrected chi connectivity index (χ4v) is 14.3. The Hall–Kier alpha value is 1.68. The molecule has 27 rings (SSSR count). The van der Waals surface area contributed by atoms with Crippen LogP contribution in [0, 0.1) is 0 Å². The van der Waals surface area contributed by atoms with Crippen LogP contribution in [-0.2, 0) is 58.9 Å². The molecule has 4 aromatic carbocycles. The largest absolute Gasteiger partial charge is 0.497 e. The molecule has 6 aromatic rings. The molecule has 12 nitrogen and oxygen atoms in total. The second-order valence-electron chi connectivity index (χ2n) is 22.6. The Morgan fingerprint density at radius 1 is 0.314 bits per heavy atom. The van der Waals surface area contributed by atoms with Crippen molar-refractivity contribution in [2.45, 2.75) is 152 Å². The van der Waals surface area contributed by atoms with E-state index >= 15 is 0 Å². The van der Waals surface area contributed by atoms with E-state index in [9.17, 15) is 0 Å². The highest BCUT2D eigenvalue weighted by Crippen LogP contribution is 2.60. The van der Waals surface area contributed by atoms with Crippen LogP contribution in [0.1, 0.15) is 124 Å². The summed E-state index contributed by atoms with van der Waals surface area (Å²) in [5, 5.41) is 0. The van der Waals surface area contributed by atoms with E-state index in [1.54, 1.807) is 0 Å². The maximum Gasteiger partial charge on any atom is 0.497 e. The molecule has 464 valence electrons. The van der Waals surface area contributed by atoms with Gasteiger partial charge in [-0.1, -0.05) is 313 Å². The Morgan fingerprint density at radius 3 is 0.640 bits per heavy atom. The normalized spacial score (nSPS) is 25.9. The average Bonchev–Trinajstić information content (AvgIpc) is 1.55. The molecule has 36 heteroatoms. The van der Waals surface area contributed by atoms with Crippen LogP contribution in [0.3, 0.4) is 0 Å². The molecule has 17 aliphatic heterocycles. The molecule has 0 radical (unpaired) electrons. The van der Waals surface area contributed by atoms with Crippen LogP contribution in [0.4, 0.5) is 0 Å². The van der Waals surface area contributed by atoms with Crippen molar-refractivity contribution in [1.82, 2.24) is 17.5 Å². The monoisotopic (exact) mass is 1570 g/mol. The third-order valence-corrected chi connectivity index (χ3v) is 17.6. The van der Waals surface area contributed by atoms with Crippen LogP contribution in [0.2, 0.25) is 0 Å². The molecule has 21 aliphatic rings. The molecule has 2 aromatic heterocycles. The summed E-state index contributed by atoms with van der Waals surface area (Å²) in [5.41, 5.74) is 14.5. The number of fused-ring (bicyclic) bond motifs is 2. The number of halogens is 18. The van der Waals surface area contributed by atoms with E-state index in [0.717, 1.165) is 66.2 Å². The van der Waals surface area contributed by atoms with Gasteiger partial charge in [0.25, 0.3) is 0 Å². The van der Waals surface area contributed by atoms with Crippen molar-refractivity contribution in [2.75, 3.05) is 0 Å². The SMILES string of the molecule is CC1(C)c2cc3c4cc2[C@H]2OB(O[C@H]21)c1ccc(c2nsnc12)B1O[C@H]2c5cc6c(cc5C(C)(C)[C@H]2O1)[C@@H]1OB(O[C@@H]1C6(C)C)c1ccc(c2nsnc12)B1O[C@H]3[C@@H](O1)C4(C)C.ClC(Cl)Cl.ClC(Cl)Cl.ClC(Cl)Cl.ClC(Cl)Cl.ClC(Cl)Cl.ClC(Cl)Cl. The number of rotatable bonds is 0. The minimum absolute atomic E-state index is 0.210. The van der Waals surface area contributed by atoms with E-state index in [4.69, 9.17) is 264 Å². The second kappa shape index (κ2) is 28.4. The standard InChI is InChI=1S/C44H40B4N4O8S2.6CHCl3/c1-41(2)21-13-18-22-14-17(21)33-37(41)57-45(53-33)25-9-10-26(30-29(25)49-61-50-30)47-55-35-19-15-24-20(16-23(19)43(5,6)39(35)59-47)36-40(44(24,7)8)60-48(56-36)28-12-11-27(31-32(28)52-62-51-31)46-54-34(18)38(58-46)42(22,3)4;6*2-1(3)4/h9-16,33-40H,1-8H3;6*1H/t33-,34-,35+,36+,37-,38-,39+,40+;;;;;;. The van der Waals surface area contributed by atoms with Crippen LogP contribution in [-0.4, -0.2) is 96.2 Å². The third-order valence-electron chi connectivity index (χ3n) is 16.5. The first-order valence-corrected chi connectivity index (χ1v) is 35.1. The van der Waals surface area contributed by atoms with Crippen LogP contribution >= 0.6 is 232 Å². The average molecular weight is 1580 g/mol. The Labute approximate surface area is 597 Å². The number of hydrogen-bond acceptors (Lipinski definition) is 14. The molecule has 8 atom stereocenters. The smallest absolute Gasteiger partial charge is 0.400 e. The number of nitrogens with zero attached hydrogens (tertiary/aromatic N) is 4. The molecule has 4 aliphatic carbocycles. The predicted molar refractivity (Wildman–Crippen MR) is 364 cm³/mol. The van der Waals surface area contributed by atoms with Crippen molar-refractivity contribution < 1.29 is 37.2 Å². The fourth-order valence-electron chi connectivity index (χ4n) is 13.1. The highest BCUT2D eigenvalue weighted by Gasteiger charge is 2.63. The van der Waals surface area contributed by atoms with Gasteiger partial charge in [0.1, 0.15) is 22.1 Å². The fraction of sp³-hybridized carbons (Fsp3) is 0.520. The molecular weight excluding hydrogens is 1530 g/mol. The number of aromatic nitrogens is 4. The Kier molecular flexibility index (Phi) is 23.8. The van der Waals surface area contributed by atoms with Gasteiger partial charge in [-0.3, -0.25) is 0 Å². The van der Waals surface area contributed by atoms with E-state index in [1.165, 1.54) is 45.7 Å². The molecule has 19 heterocycles. The van der Waals surface area contributed by atoms with E-state index in [-0.39, 0.29) is 70.5 Å². The molecule has 4 fully saturated rings. The van der Waals surface area contributed by atoms with Gasteiger partial charge in [0.15, 0.2) is 25.8 Å². The zero-order chi connectivity index (χ0) is 63.2. The van der Waals surface area contributed by atoms with E-state index in [1.807, 2.05) is 0 Å². The highest BCUT2D eigenvalue weighted by molar-refractivity contribution is 7.01. The van der Waals surface area contributed by atoms with Crippen molar-refractivity contribution >= 4 is 305 Å². The van der Waals surface area contributed by atoms with Gasteiger partial charge in [-0.05, 0) is 44.5 Å². The minimum atomic E-state index is -0.750. The maximum absolute atomic E-state index is 6.98. The van der Waals surface area contributed by atoms with Crippen molar-refractivity contribution in [3.63, 3.8) is 0 Å². The molecule has 0 spiro atoms. The lowest BCUT2D eigenvalue weighted by molar-refractivity contribution is 0.113. The van der Waals surface area contributed by atoms with E-state index < -0.39 is 54.2 Å². The van der Waals surface area contributed by atoms with Crippen LogP contribution in [0.25, 0.3) is 22.1 Å². The predicted octanol–water partition coefficient (Wildman–Crippen LogP) is 16.5. The number of hydrogen-bond donors (Lipinski definition) is 0. The van der Waals surface area contributed by atoms with Gasteiger partial charge >= 0.3 is 28.5 Å². The van der Waals surface area contributed by atoms with Gasteiger partial charge in [-0.15, -0.1) is 0 Å². The first-order valence-electron chi connectivity index (χ1n) is 25.8. The Morgan fingerprint density at radius 2 is 0.477 bits per heavy atom. The lowest BCUT2D eigenvalue weighted by Crippen LogP contribution is -2.41. The molecule has 4 saturated heterocycles. The highest BCUT2D eigenvalue weighted by atomic mass is 35.6. The van der Waals surface area contributed by atoms with Gasteiger partial charge in [0.05, 0.1) is 72.3 Å². The van der Waals surface area contributed by atoms with Crippen molar-refractivity contribution in [2.24, 2.45) is 0 Å². The van der Waals surface area contributed by atoms with Crippen molar-refractivity contribution in [3.8, 4) is 0 Å². The molecule has 0 N–H and O–H groups in total. The third kappa shape index (κ3) is 14.2. The van der Waals surface area contributed by atoms with Crippen molar-refractivity contribution in [3.05, 3.63) is 93.0 Å². The zero-order valence-corrected chi connectivity index (χ0v) is 60.9. The van der Waals surface area contributed by atoms with Crippen LogP contribution < -0.4 is 21.9 Å². The quantitative estimate of drug-likeness (QED) is 0.106. The summed E-state index contributed by atoms with van der Waals surface area (Å²) in [6, 6.07) is 17.6. The Bertz CT molecular complexity index is 2980. The van der Waals surface area contributed by atoms with Crippen LogP contribution in [0.15, 0.2) is 48.5 Å². The first kappa shape index (κ1) is 72.0. The molecule has 0 unspecified atom stereocenters. The van der Waals surface area contributed by atoms with Gasteiger partial charge in [-0.25, -0.2) is 0 Å². The first-order chi connectivity index (χ1) is 40.1. The summed E-state index contributed by atoms with van der Waals surface area (Å²) in [5.74, 6) is 0. The molecular formula is C50H46B4Cl18N4O8S2. The lowest BCUT2D eigenvalue weighted by atomic mass is 9.71.